The van der Waals surface area contributed by atoms with Crippen LogP contribution in [0.1, 0.15) is 31.2 Å². The summed E-state index contributed by atoms with van der Waals surface area (Å²) < 4.78 is 5.91. The lowest BCUT2D eigenvalue weighted by Gasteiger charge is -2.28. The van der Waals surface area contributed by atoms with Gasteiger partial charge in [0.15, 0.2) is 0 Å². The lowest BCUT2D eigenvalue weighted by Crippen LogP contribution is -2.34. The Morgan fingerprint density at radius 2 is 2.06 bits per heavy atom. The van der Waals surface area contributed by atoms with Crippen molar-refractivity contribution >= 4 is 11.6 Å². The molecule has 0 bridgehead atoms. The summed E-state index contributed by atoms with van der Waals surface area (Å²) in [6, 6.07) is 7.91. The van der Waals surface area contributed by atoms with Crippen LogP contribution in [0.3, 0.4) is 0 Å². The van der Waals surface area contributed by atoms with E-state index in [0.29, 0.717) is 16.6 Å². The highest BCUT2D eigenvalue weighted by Crippen LogP contribution is 2.27. The fourth-order valence-electron chi connectivity index (χ4n) is 2.32. The average Bonchev–Trinajstić information content (AvgIpc) is 2.40. The van der Waals surface area contributed by atoms with Crippen LogP contribution in [0.25, 0.3) is 0 Å². The monoisotopic (exact) mass is 264 g/mol. The average molecular weight is 265 g/mol. The van der Waals surface area contributed by atoms with E-state index >= 15 is 0 Å². The van der Waals surface area contributed by atoms with E-state index in [1.54, 1.807) is 12.1 Å². The van der Waals surface area contributed by atoms with Crippen molar-refractivity contribution in [3.05, 3.63) is 28.8 Å². The van der Waals surface area contributed by atoms with E-state index in [0.717, 1.165) is 31.4 Å². The molecule has 1 aromatic carbocycles. The molecule has 0 spiro atoms. The maximum atomic E-state index is 8.80. The zero-order valence-corrected chi connectivity index (χ0v) is 11.2. The highest BCUT2D eigenvalue weighted by Gasteiger charge is 2.21. The molecule has 2 rings (SSSR count). The minimum atomic E-state index is 0.263. The summed E-state index contributed by atoms with van der Waals surface area (Å²) in [6.07, 6.45) is 4.67. The van der Waals surface area contributed by atoms with Crippen molar-refractivity contribution in [2.75, 3.05) is 7.05 Å². The molecule has 1 aromatic rings. The number of nitriles is 1. The molecule has 1 N–H and O–H groups in total. The summed E-state index contributed by atoms with van der Waals surface area (Å²) in [7, 11) is 2.01. The summed E-state index contributed by atoms with van der Waals surface area (Å²) >= 11 is 5.98. The second-order valence-corrected chi connectivity index (χ2v) is 5.04. The quantitative estimate of drug-likeness (QED) is 0.912. The van der Waals surface area contributed by atoms with Gasteiger partial charge in [0.2, 0.25) is 0 Å². The van der Waals surface area contributed by atoms with Crippen molar-refractivity contribution in [2.24, 2.45) is 0 Å². The summed E-state index contributed by atoms with van der Waals surface area (Å²) in [5, 5.41) is 12.6. The maximum absolute atomic E-state index is 8.80. The van der Waals surface area contributed by atoms with E-state index in [1.165, 1.54) is 0 Å². The number of rotatable bonds is 3. The number of ether oxygens (including phenoxy) is 1. The molecule has 0 saturated heterocycles. The predicted octanol–water partition coefficient (Wildman–Crippen LogP) is 3.12. The van der Waals surface area contributed by atoms with Crippen LogP contribution in [0.15, 0.2) is 18.2 Å². The van der Waals surface area contributed by atoms with Gasteiger partial charge < -0.3 is 10.1 Å². The van der Waals surface area contributed by atoms with Crippen molar-refractivity contribution in [3.63, 3.8) is 0 Å². The molecule has 18 heavy (non-hydrogen) atoms. The molecule has 0 aromatic heterocycles. The first-order chi connectivity index (χ1) is 8.72. The molecule has 1 aliphatic carbocycles. The minimum absolute atomic E-state index is 0.263. The molecule has 1 fully saturated rings. The smallest absolute Gasteiger partial charge is 0.121 e. The topological polar surface area (TPSA) is 45.0 Å². The lowest BCUT2D eigenvalue weighted by atomic mass is 9.93. The fraction of sp³-hybridized carbons (Fsp3) is 0.500. The second kappa shape index (κ2) is 6.08. The number of nitrogens with zero attached hydrogens (tertiary/aromatic N) is 1. The minimum Gasteiger partial charge on any atom is -0.490 e. The first-order valence-electron chi connectivity index (χ1n) is 6.26. The lowest BCUT2D eigenvalue weighted by molar-refractivity contribution is 0.141. The Morgan fingerprint density at radius 1 is 1.33 bits per heavy atom. The van der Waals surface area contributed by atoms with Crippen molar-refractivity contribution in [2.45, 2.75) is 37.8 Å². The molecule has 0 aliphatic heterocycles. The Hall–Kier alpha value is -1.24. The van der Waals surface area contributed by atoms with E-state index in [9.17, 15) is 0 Å². The normalized spacial score (nSPS) is 23.4. The largest absolute Gasteiger partial charge is 0.490 e. The predicted molar refractivity (Wildman–Crippen MR) is 71.9 cm³/mol. The Balaban J connectivity index is 1.94. The molecule has 96 valence electrons. The molecule has 0 amide bonds. The SMILES string of the molecule is CNC1CCC(Oc2ccc(C#N)c(Cl)c2)CC1. The van der Waals surface area contributed by atoms with Crippen LogP contribution >= 0.6 is 11.6 Å². The third kappa shape index (κ3) is 3.16. The first kappa shape index (κ1) is 13.2. The van der Waals surface area contributed by atoms with Gasteiger partial charge in [-0.3, -0.25) is 0 Å². The standard InChI is InChI=1S/C14H17ClN2O/c1-17-11-3-6-12(7-4-11)18-13-5-2-10(9-16)14(15)8-13/h2,5,8,11-12,17H,3-4,6-7H2,1H3. The Labute approximate surface area is 113 Å². The Kier molecular flexibility index (Phi) is 4.46. The van der Waals surface area contributed by atoms with Crippen molar-refractivity contribution in [1.82, 2.24) is 5.32 Å². The molecule has 1 aliphatic rings. The molecule has 1 saturated carbocycles. The maximum Gasteiger partial charge on any atom is 0.121 e. The zero-order valence-electron chi connectivity index (χ0n) is 10.4. The third-order valence-electron chi connectivity index (χ3n) is 3.45. The van der Waals surface area contributed by atoms with Gasteiger partial charge in [-0.15, -0.1) is 0 Å². The Morgan fingerprint density at radius 3 is 2.61 bits per heavy atom. The molecular weight excluding hydrogens is 248 g/mol. The van der Waals surface area contributed by atoms with Crippen LogP contribution in [-0.4, -0.2) is 19.2 Å². The van der Waals surface area contributed by atoms with E-state index in [4.69, 9.17) is 21.6 Å². The highest BCUT2D eigenvalue weighted by atomic mass is 35.5. The molecule has 0 heterocycles. The molecule has 3 nitrogen and oxygen atoms in total. The van der Waals surface area contributed by atoms with Gasteiger partial charge in [0.25, 0.3) is 0 Å². The summed E-state index contributed by atoms with van der Waals surface area (Å²) in [5.41, 5.74) is 0.489. The number of benzene rings is 1. The van der Waals surface area contributed by atoms with Crippen LogP contribution < -0.4 is 10.1 Å². The third-order valence-corrected chi connectivity index (χ3v) is 3.76. The van der Waals surface area contributed by atoms with Gasteiger partial charge >= 0.3 is 0 Å². The van der Waals surface area contributed by atoms with Gasteiger partial charge in [-0.25, -0.2) is 0 Å². The molecule has 4 heteroatoms. The van der Waals surface area contributed by atoms with E-state index in [2.05, 4.69) is 5.32 Å². The molecular formula is C14H17ClN2O. The summed E-state index contributed by atoms with van der Waals surface area (Å²) in [4.78, 5) is 0. The summed E-state index contributed by atoms with van der Waals surface area (Å²) in [5.74, 6) is 0.756. The van der Waals surface area contributed by atoms with Crippen LogP contribution in [0.2, 0.25) is 5.02 Å². The molecule has 0 atom stereocenters. The number of halogens is 1. The number of hydrogen-bond donors (Lipinski definition) is 1. The van der Waals surface area contributed by atoms with Gasteiger partial charge in [0.1, 0.15) is 11.8 Å². The number of nitrogens with one attached hydrogen (secondary N) is 1. The van der Waals surface area contributed by atoms with Gasteiger partial charge in [-0.05, 0) is 44.9 Å². The second-order valence-electron chi connectivity index (χ2n) is 4.63. The van der Waals surface area contributed by atoms with Gasteiger partial charge in [0, 0.05) is 12.1 Å². The first-order valence-corrected chi connectivity index (χ1v) is 6.64. The van der Waals surface area contributed by atoms with Gasteiger partial charge in [-0.1, -0.05) is 11.6 Å². The summed E-state index contributed by atoms with van der Waals surface area (Å²) in [6.45, 7) is 0. The van der Waals surface area contributed by atoms with Gasteiger partial charge in [-0.2, -0.15) is 5.26 Å². The molecule has 0 radical (unpaired) electrons. The fourth-order valence-corrected chi connectivity index (χ4v) is 2.53. The van der Waals surface area contributed by atoms with Crippen molar-refractivity contribution in [3.8, 4) is 11.8 Å². The van der Waals surface area contributed by atoms with Crippen molar-refractivity contribution < 1.29 is 4.74 Å². The van der Waals surface area contributed by atoms with Gasteiger partial charge in [0.05, 0.1) is 16.7 Å². The zero-order chi connectivity index (χ0) is 13.0. The van der Waals surface area contributed by atoms with E-state index < -0.39 is 0 Å². The molecule has 0 unspecified atom stereocenters. The van der Waals surface area contributed by atoms with Crippen LogP contribution in [0, 0.1) is 11.3 Å². The Bertz CT molecular complexity index is 448. The van der Waals surface area contributed by atoms with Crippen LogP contribution in [-0.2, 0) is 0 Å². The van der Waals surface area contributed by atoms with Crippen LogP contribution in [0.4, 0.5) is 0 Å². The number of hydrogen-bond acceptors (Lipinski definition) is 3. The van der Waals surface area contributed by atoms with Crippen molar-refractivity contribution in [1.29, 1.82) is 5.26 Å². The van der Waals surface area contributed by atoms with Crippen LogP contribution in [0.5, 0.6) is 5.75 Å². The van der Waals surface area contributed by atoms with E-state index in [1.807, 2.05) is 19.2 Å². The highest BCUT2D eigenvalue weighted by molar-refractivity contribution is 6.31. The van der Waals surface area contributed by atoms with E-state index in [-0.39, 0.29) is 6.10 Å².